The number of Topliss-reactive ketones (excluding diaryl/α,β-unsaturated/α-hetero) is 1. The number of hydrogen-bond donors (Lipinski definition) is 0. The van der Waals surface area contributed by atoms with Gasteiger partial charge in [-0.05, 0) is 13.0 Å². The van der Waals surface area contributed by atoms with Gasteiger partial charge in [0.2, 0.25) is 0 Å². The van der Waals surface area contributed by atoms with Gasteiger partial charge in [-0.2, -0.15) is 0 Å². The van der Waals surface area contributed by atoms with Crippen molar-refractivity contribution in [3.8, 4) is 11.5 Å². The predicted octanol–water partition coefficient (Wildman–Crippen LogP) is 1.31. The summed E-state index contributed by atoms with van der Waals surface area (Å²) in [5.41, 5.74) is 0.187. The predicted molar refractivity (Wildman–Crippen MR) is 62.7 cm³/mol. The number of benzene rings is 1. The maximum atomic E-state index is 11.6. The molecule has 5 nitrogen and oxygen atoms in total. The summed E-state index contributed by atoms with van der Waals surface area (Å²) < 4.78 is 33.2. The lowest BCUT2D eigenvalue weighted by molar-refractivity contribution is 0.101. The Balaban J connectivity index is 3.69. The summed E-state index contributed by atoms with van der Waals surface area (Å²) in [7, 11) is -0.768. The van der Waals surface area contributed by atoms with Crippen LogP contribution in [0.25, 0.3) is 0 Å². The molecule has 0 spiro atoms. The van der Waals surface area contributed by atoms with Gasteiger partial charge in [-0.1, -0.05) is 0 Å². The molecular formula is C11H14O5S. The third-order valence-electron chi connectivity index (χ3n) is 2.25. The fourth-order valence-electron chi connectivity index (χ4n) is 1.44. The summed E-state index contributed by atoms with van der Waals surface area (Å²) in [6.45, 7) is 1.34. The van der Waals surface area contributed by atoms with Gasteiger partial charge in [0.15, 0.2) is 15.6 Å². The molecule has 0 amide bonds. The zero-order valence-electron chi connectivity index (χ0n) is 10.1. The van der Waals surface area contributed by atoms with E-state index in [0.29, 0.717) is 5.75 Å². The molecular weight excluding hydrogens is 244 g/mol. The number of methoxy groups -OCH3 is 2. The Kier molecular flexibility index (Phi) is 3.77. The summed E-state index contributed by atoms with van der Waals surface area (Å²) in [5.74, 6) is 0.0721. The molecule has 0 fully saturated rings. The minimum absolute atomic E-state index is 0.0513. The number of hydrogen-bond acceptors (Lipinski definition) is 5. The molecule has 1 rings (SSSR count). The van der Waals surface area contributed by atoms with E-state index in [9.17, 15) is 13.2 Å². The standard InChI is InChI=1S/C11H14O5S/c1-7(12)9-5-8(15-2)6-10(11(9)16-3)17(4,13)14/h5-6H,1-4H3. The molecule has 0 heterocycles. The highest BCUT2D eigenvalue weighted by Crippen LogP contribution is 2.33. The van der Waals surface area contributed by atoms with E-state index < -0.39 is 9.84 Å². The molecule has 0 saturated carbocycles. The molecule has 0 atom stereocenters. The molecule has 0 aliphatic heterocycles. The van der Waals surface area contributed by atoms with E-state index in [4.69, 9.17) is 9.47 Å². The largest absolute Gasteiger partial charge is 0.497 e. The molecule has 6 heteroatoms. The highest BCUT2D eigenvalue weighted by atomic mass is 32.2. The van der Waals surface area contributed by atoms with Crippen LogP contribution >= 0.6 is 0 Å². The van der Waals surface area contributed by atoms with Gasteiger partial charge in [-0.15, -0.1) is 0 Å². The van der Waals surface area contributed by atoms with Crippen molar-refractivity contribution < 1.29 is 22.7 Å². The van der Waals surface area contributed by atoms with Gasteiger partial charge < -0.3 is 9.47 Å². The summed E-state index contributed by atoms with van der Waals surface area (Å²) in [6.07, 6.45) is 1.05. The van der Waals surface area contributed by atoms with Gasteiger partial charge in [0.1, 0.15) is 16.4 Å². The van der Waals surface area contributed by atoms with Crippen LogP contribution in [-0.4, -0.2) is 34.7 Å². The van der Waals surface area contributed by atoms with E-state index >= 15 is 0 Å². The molecule has 94 valence electrons. The third kappa shape index (κ3) is 2.76. The van der Waals surface area contributed by atoms with E-state index in [1.807, 2.05) is 0 Å². The highest BCUT2D eigenvalue weighted by molar-refractivity contribution is 7.90. The molecule has 0 saturated heterocycles. The molecule has 1 aromatic rings. The second-order valence-electron chi connectivity index (χ2n) is 3.53. The van der Waals surface area contributed by atoms with Crippen molar-refractivity contribution in [3.63, 3.8) is 0 Å². The van der Waals surface area contributed by atoms with E-state index in [1.54, 1.807) is 0 Å². The molecule has 0 bridgehead atoms. The summed E-state index contributed by atoms with van der Waals surface area (Å²) in [6, 6.07) is 2.79. The maximum absolute atomic E-state index is 11.6. The Morgan fingerprint density at radius 1 is 1.18 bits per heavy atom. The molecule has 0 radical (unpaired) electrons. The van der Waals surface area contributed by atoms with Crippen LogP contribution in [0.4, 0.5) is 0 Å². The van der Waals surface area contributed by atoms with E-state index in [1.165, 1.54) is 33.3 Å². The molecule has 17 heavy (non-hydrogen) atoms. The first-order chi connectivity index (χ1) is 7.81. The number of carbonyl (C=O) groups is 1. The van der Waals surface area contributed by atoms with Crippen molar-refractivity contribution in [2.24, 2.45) is 0 Å². The molecule has 0 aliphatic carbocycles. The van der Waals surface area contributed by atoms with Crippen molar-refractivity contribution in [2.45, 2.75) is 11.8 Å². The first kappa shape index (κ1) is 13.5. The minimum Gasteiger partial charge on any atom is -0.497 e. The van der Waals surface area contributed by atoms with E-state index in [0.717, 1.165) is 6.26 Å². The molecule has 0 N–H and O–H groups in total. The van der Waals surface area contributed by atoms with Crippen molar-refractivity contribution in [1.29, 1.82) is 0 Å². The average Bonchev–Trinajstić information content (AvgIpc) is 2.25. The van der Waals surface area contributed by atoms with E-state index in [2.05, 4.69) is 0 Å². The molecule has 0 aromatic heterocycles. The van der Waals surface area contributed by atoms with Crippen molar-refractivity contribution >= 4 is 15.6 Å². The number of rotatable bonds is 4. The molecule has 1 aromatic carbocycles. The number of sulfone groups is 1. The number of carbonyl (C=O) groups excluding carboxylic acids is 1. The normalized spacial score (nSPS) is 11.1. The lowest BCUT2D eigenvalue weighted by atomic mass is 10.1. The Labute approximate surface area is 100 Å². The zero-order chi connectivity index (χ0) is 13.2. The molecule has 0 aliphatic rings. The zero-order valence-corrected chi connectivity index (χ0v) is 10.9. The second kappa shape index (κ2) is 4.75. The van der Waals surface area contributed by atoms with Crippen molar-refractivity contribution in [3.05, 3.63) is 17.7 Å². The highest BCUT2D eigenvalue weighted by Gasteiger charge is 2.21. The second-order valence-corrected chi connectivity index (χ2v) is 5.52. The Morgan fingerprint density at radius 2 is 1.76 bits per heavy atom. The summed E-state index contributed by atoms with van der Waals surface area (Å²) in [5, 5.41) is 0. The monoisotopic (exact) mass is 258 g/mol. The van der Waals surface area contributed by atoms with Gasteiger partial charge in [-0.3, -0.25) is 4.79 Å². The lowest BCUT2D eigenvalue weighted by Gasteiger charge is -2.12. The van der Waals surface area contributed by atoms with Gasteiger partial charge in [0.05, 0.1) is 19.8 Å². The molecule has 0 unspecified atom stereocenters. The Hall–Kier alpha value is -1.56. The summed E-state index contributed by atoms with van der Waals surface area (Å²) in [4.78, 5) is 11.4. The van der Waals surface area contributed by atoms with Crippen LogP contribution in [0.15, 0.2) is 17.0 Å². The maximum Gasteiger partial charge on any atom is 0.179 e. The lowest BCUT2D eigenvalue weighted by Crippen LogP contribution is -2.06. The minimum atomic E-state index is -3.49. The van der Waals surface area contributed by atoms with Crippen LogP contribution in [0.2, 0.25) is 0 Å². The Bertz CT molecular complexity index is 545. The number of ether oxygens (including phenoxy) is 2. The first-order valence-corrected chi connectivity index (χ1v) is 6.67. The van der Waals surface area contributed by atoms with Crippen molar-refractivity contribution in [1.82, 2.24) is 0 Å². The van der Waals surface area contributed by atoms with Crippen molar-refractivity contribution in [2.75, 3.05) is 20.5 Å². The SMILES string of the molecule is COc1cc(C(C)=O)c(OC)c(S(C)(=O)=O)c1. The van der Waals surface area contributed by atoms with Crippen LogP contribution < -0.4 is 9.47 Å². The first-order valence-electron chi connectivity index (χ1n) is 4.78. The number of ketones is 1. The average molecular weight is 258 g/mol. The fourth-order valence-corrected chi connectivity index (χ4v) is 2.30. The smallest absolute Gasteiger partial charge is 0.179 e. The third-order valence-corrected chi connectivity index (χ3v) is 3.35. The van der Waals surface area contributed by atoms with E-state index in [-0.39, 0.29) is 22.0 Å². The fraction of sp³-hybridized carbons (Fsp3) is 0.364. The van der Waals surface area contributed by atoms with Crippen LogP contribution in [0.5, 0.6) is 11.5 Å². The van der Waals surface area contributed by atoms with Crippen LogP contribution in [0.1, 0.15) is 17.3 Å². The van der Waals surface area contributed by atoms with Crippen LogP contribution in [0, 0.1) is 0 Å². The van der Waals surface area contributed by atoms with Crippen LogP contribution in [-0.2, 0) is 9.84 Å². The summed E-state index contributed by atoms with van der Waals surface area (Å²) >= 11 is 0. The van der Waals surface area contributed by atoms with Gasteiger partial charge in [0.25, 0.3) is 0 Å². The topological polar surface area (TPSA) is 69.7 Å². The Morgan fingerprint density at radius 3 is 2.12 bits per heavy atom. The van der Waals surface area contributed by atoms with Gasteiger partial charge in [-0.25, -0.2) is 8.42 Å². The quantitative estimate of drug-likeness (QED) is 0.761. The van der Waals surface area contributed by atoms with Gasteiger partial charge >= 0.3 is 0 Å². The van der Waals surface area contributed by atoms with Gasteiger partial charge in [0, 0.05) is 12.3 Å². The van der Waals surface area contributed by atoms with Crippen LogP contribution in [0.3, 0.4) is 0 Å².